The molecule has 1 aromatic rings. The molecule has 1 atom stereocenters. The molecular weight excluding hydrogens is 333 g/mol. The Morgan fingerprint density at radius 2 is 2.18 bits per heavy atom. The van der Waals surface area contributed by atoms with Crippen LogP contribution < -0.4 is 0 Å². The molecule has 1 saturated heterocycles. The van der Waals surface area contributed by atoms with Crippen LogP contribution in [0.5, 0.6) is 0 Å². The van der Waals surface area contributed by atoms with Gasteiger partial charge in [-0.2, -0.15) is 0 Å². The highest BCUT2D eigenvalue weighted by molar-refractivity contribution is 14.1. The molecule has 1 aromatic carbocycles. The maximum absolute atomic E-state index is 11.7. The normalized spacial score (nSPS) is 26.6. The highest BCUT2D eigenvalue weighted by atomic mass is 127. The van der Waals surface area contributed by atoms with Crippen molar-refractivity contribution in [3.8, 4) is 0 Å². The lowest BCUT2D eigenvalue weighted by Gasteiger charge is -2.38. The summed E-state index contributed by atoms with van der Waals surface area (Å²) in [4.78, 5) is 24.6. The van der Waals surface area contributed by atoms with E-state index < -0.39 is 17.6 Å². The molecule has 2 aliphatic rings. The van der Waals surface area contributed by atoms with E-state index in [4.69, 9.17) is 4.74 Å². The Morgan fingerprint density at radius 3 is 2.94 bits per heavy atom. The van der Waals surface area contributed by atoms with Gasteiger partial charge in [-0.15, -0.1) is 0 Å². The monoisotopic (exact) mass is 343 g/mol. The molecule has 0 N–H and O–H groups in total. The van der Waals surface area contributed by atoms with E-state index in [1.54, 1.807) is 6.92 Å². The summed E-state index contributed by atoms with van der Waals surface area (Å²) in [6.45, 7) is 2.32. The van der Waals surface area contributed by atoms with Gasteiger partial charge >= 0.3 is 11.9 Å². The van der Waals surface area contributed by atoms with Crippen LogP contribution in [-0.4, -0.2) is 23.3 Å². The quantitative estimate of drug-likeness (QED) is 0.407. The van der Waals surface area contributed by atoms with Gasteiger partial charge in [0.05, 0.1) is 0 Å². The maximum atomic E-state index is 11.7. The lowest BCUT2D eigenvalue weighted by Crippen LogP contribution is -2.47. The van der Waals surface area contributed by atoms with Gasteiger partial charge in [0.25, 0.3) is 0 Å². The molecule has 2 heterocycles. The number of hydrogen-bond acceptors (Lipinski definition) is 3. The SMILES string of the molecule is CC12OC(=O)C(=O)N1CCc1c(I)cccc12. The second-order valence-corrected chi connectivity index (χ2v) is 5.51. The minimum absolute atomic E-state index is 0.531. The molecule has 1 amide bonds. The smallest absolute Gasteiger partial charge is 0.399 e. The number of rotatable bonds is 0. The average Bonchev–Trinajstić information content (AvgIpc) is 2.51. The van der Waals surface area contributed by atoms with Gasteiger partial charge in [0, 0.05) is 15.7 Å². The molecule has 5 heteroatoms. The highest BCUT2D eigenvalue weighted by Gasteiger charge is 2.53. The van der Waals surface area contributed by atoms with E-state index in [2.05, 4.69) is 22.6 Å². The van der Waals surface area contributed by atoms with Crippen LogP contribution >= 0.6 is 22.6 Å². The molecule has 0 bridgehead atoms. The standard InChI is InChI=1S/C12H10INO3/c1-12-8-3-2-4-9(13)7(8)5-6-14(12)10(15)11(16)17-12/h2-4H,5-6H2,1H3. The number of benzene rings is 1. The lowest BCUT2D eigenvalue weighted by atomic mass is 9.91. The first-order valence-corrected chi connectivity index (χ1v) is 6.45. The Labute approximate surface area is 112 Å². The minimum atomic E-state index is -0.914. The van der Waals surface area contributed by atoms with E-state index in [0.29, 0.717) is 6.54 Å². The third-order valence-electron chi connectivity index (χ3n) is 3.43. The number of fused-ring (bicyclic) bond motifs is 3. The molecule has 0 saturated carbocycles. The summed E-state index contributed by atoms with van der Waals surface area (Å²) in [7, 11) is 0. The van der Waals surface area contributed by atoms with Crippen molar-refractivity contribution < 1.29 is 14.3 Å². The van der Waals surface area contributed by atoms with Crippen molar-refractivity contribution in [3.05, 3.63) is 32.9 Å². The Kier molecular flexibility index (Phi) is 2.23. The molecule has 1 fully saturated rings. The maximum Gasteiger partial charge on any atom is 0.399 e. The molecule has 3 rings (SSSR count). The Morgan fingerprint density at radius 1 is 1.41 bits per heavy atom. The van der Waals surface area contributed by atoms with Crippen LogP contribution in [0.1, 0.15) is 18.1 Å². The summed E-state index contributed by atoms with van der Waals surface area (Å²) in [6.07, 6.45) is 0.770. The number of hydrogen-bond donors (Lipinski definition) is 0. The third-order valence-corrected chi connectivity index (χ3v) is 4.44. The zero-order valence-corrected chi connectivity index (χ0v) is 11.4. The van der Waals surface area contributed by atoms with E-state index in [0.717, 1.165) is 15.6 Å². The average molecular weight is 343 g/mol. The van der Waals surface area contributed by atoms with Gasteiger partial charge in [-0.05, 0) is 47.6 Å². The van der Waals surface area contributed by atoms with Crippen molar-refractivity contribution in [2.24, 2.45) is 0 Å². The highest BCUT2D eigenvalue weighted by Crippen LogP contribution is 2.41. The van der Waals surface area contributed by atoms with E-state index in [-0.39, 0.29) is 0 Å². The number of halogens is 1. The third kappa shape index (κ3) is 1.34. The molecular formula is C12H10INO3. The van der Waals surface area contributed by atoms with Crippen molar-refractivity contribution >= 4 is 34.5 Å². The number of amides is 1. The van der Waals surface area contributed by atoms with Gasteiger partial charge in [0.1, 0.15) is 0 Å². The lowest BCUT2D eigenvalue weighted by molar-refractivity contribution is -0.154. The van der Waals surface area contributed by atoms with E-state index >= 15 is 0 Å². The topological polar surface area (TPSA) is 46.6 Å². The van der Waals surface area contributed by atoms with Crippen molar-refractivity contribution in [1.82, 2.24) is 4.90 Å². The zero-order valence-electron chi connectivity index (χ0n) is 9.20. The summed E-state index contributed by atoms with van der Waals surface area (Å²) in [6, 6.07) is 5.87. The Balaban J connectivity index is 2.21. The minimum Gasteiger partial charge on any atom is -0.428 e. The fourth-order valence-corrected chi connectivity index (χ4v) is 3.34. The first-order chi connectivity index (χ1) is 8.04. The van der Waals surface area contributed by atoms with Crippen LogP contribution in [-0.2, 0) is 26.5 Å². The van der Waals surface area contributed by atoms with Crippen LogP contribution in [0, 0.1) is 3.57 Å². The summed E-state index contributed by atoms with van der Waals surface area (Å²) >= 11 is 2.27. The second kappa shape index (κ2) is 3.44. The summed E-state index contributed by atoms with van der Waals surface area (Å²) in [5, 5.41) is 0. The van der Waals surface area contributed by atoms with Gasteiger partial charge in [0.15, 0.2) is 0 Å². The van der Waals surface area contributed by atoms with E-state index in [1.165, 1.54) is 10.5 Å². The predicted octanol–water partition coefficient (Wildman–Crippen LogP) is 1.41. The van der Waals surface area contributed by atoms with E-state index in [9.17, 15) is 9.59 Å². The van der Waals surface area contributed by atoms with Crippen LogP contribution in [0.4, 0.5) is 0 Å². The van der Waals surface area contributed by atoms with Crippen molar-refractivity contribution in [2.75, 3.05) is 6.54 Å². The van der Waals surface area contributed by atoms with Crippen LogP contribution in [0.2, 0.25) is 0 Å². The molecule has 0 aromatic heterocycles. The molecule has 0 aliphatic carbocycles. The van der Waals surface area contributed by atoms with Gasteiger partial charge in [0.2, 0.25) is 5.72 Å². The molecule has 88 valence electrons. The summed E-state index contributed by atoms with van der Waals surface area (Å²) in [5.41, 5.74) is 1.19. The van der Waals surface area contributed by atoms with Crippen LogP contribution in [0.3, 0.4) is 0 Å². The van der Waals surface area contributed by atoms with Gasteiger partial charge < -0.3 is 4.74 Å². The van der Waals surface area contributed by atoms with Crippen LogP contribution in [0.15, 0.2) is 18.2 Å². The number of esters is 1. The zero-order chi connectivity index (χ0) is 12.2. The number of ether oxygens (including phenoxy) is 1. The Bertz CT molecular complexity index is 543. The van der Waals surface area contributed by atoms with Crippen molar-refractivity contribution in [1.29, 1.82) is 0 Å². The summed E-state index contributed by atoms with van der Waals surface area (Å²) < 4.78 is 6.43. The Hall–Kier alpha value is -1.11. The number of carbonyl (C=O) groups is 2. The van der Waals surface area contributed by atoms with Crippen LogP contribution in [0.25, 0.3) is 0 Å². The number of nitrogens with zero attached hydrogens (tertiary/aromatic N) is 1. The van der Waals surface area contributed by atoms with Gasteiger partial charge in [-0.25, -0.2) is 4.79 Å². The molecule has 2 aliphatic heterocycles. The first-order valence-electron chi connectivity index (χ1n) is 5.37. The molecule has 1 unspecified atom stereocenters. The van der Waals surface area contributed by atoms with Crippen molar-refractivity contribution in [3.63, 3.8) is 0 Å². The van der Waals surface area contributed by atoms with Crippen molar-refractivity contribution in [2.45, 2.75) is 19.1 Å². The molecule has 0 radical (unpaired) electrons. The fraction of sp³-hybridized carbons (Fsp3) is 0.333. The molecule has 17 heavy (non-hydrogen) atoms. The second-order valence-electron chi connectivity index (χ2n) is 4.35. The largest absolute Gasteiger partial charge is 0.428 e. The number of carbonyl (C=O) groups excluding carboxylic acids is 2. The van der Waals surface area contributed by atoms with Gasteiger partial charge in [-0.3, -0.25) is 9.69 Å². The first kappa shape index (κ1) is 11.0. The van der Waals surface area contributed by atoms with E-state index in [1.807, 2.05) is 18.2 Å². The molecule has 4 nitrogen and oxygen atoms in total. The predicted molar refractivity (Wildman–Crippen MR) is 68.0 cm³/mol. The fourth-order valence-electron chi connectivity index (χ4n) is 2.57. The summed E-state index contributed by atoms with van der Waals surface area (Å²) in [5.74, 6) is -1.28. The molecule has 0 spiro atoms. The van der Waals surface area contributed by atoms with Gasteiger partial charge in [-0.1, -0.05) is 12.1 Å².